The van der Waals surface area contributed by atoms with Gasteiger partial charge in [-0.15, -0.1) is 0 Å². The van der Waals surface area contributed by atoms with Crippen LogP contribution < -0.4 is 5.32 Å². The van der Waals surface area contributed by atoms with Gasteiger partial charge in [0.1, 0.15) is 17.7 Å². The van der Waals surface area contributed by atoms with E-state index in [0.717, 1.165) is 18.2 Å². The van der Waals surface area contributed by atoms with Gasteiger partial charge in [-0.2, -0.15) is 0 Å². The molecule has 0 aliphatic heterocycles. The van der Waals surface area contributed by atoms with Crippen LogP contribution in [0.1, 0.15) is 27.6 Å². The number of rotatable bonds is 2. The summed E-state index contributed by atoms with van der Waals surface area (Å²) in [5.74, 6) is -2.02. The fraction of sp³-hybridized carbons (Fsp3) is 0.167. The lowest BCUT2D eigenvalue weighted by atomic mass is 9.91. The van der Waals surface area contributed by atoms with Gasteiger partial charge in [0.05, 0.1) is 16.8 Å². The highest BCUT2D eigenvalue weighted by Crippen LogP contribution is 2.33. The Bertz CT molecular complexity index is 574. The van der Waals surface area contributed by atoms with E-state index in [1.807, 2.05) is 0 Å². The monoisotopic (exact) mass is 249 g/mol. The molecule has 4 N–H and O–H groups in total. The Balaban J connectivity index is 2.58. The first kappa shape index (κ1) is 12.1. The number of fused-ring (bicyclic) bond motifs is 1. The SMILES string of the molecule is CC(O)NC1=CC(=O)c2c(O)ccc(O)c2C1=O. The van der Waals surface area contributed by atoms with Crippen molar-refractivity contribution in [3.8, 4) is 11.5 Å². The highest BCUT2D eigenvalue weighted by Gasteiger charge is 2.31. The molecule has 0 amide bonds. The molecule has 6 nitrogen and oxygen atoms in total. The lowest BCUT2D eigenvalue weighted by molar-refractivity contribution is 0.0952. The maximum Gasteiger partial charge on any atom is 0.213 e. The molecule has 0 heterocycles. The Kier molecular flexibility index (Phi) is 2.80. The fourth-order valence-electron chi connectivity index (χ4n) is 1.80. The topological polar surface area (TPSA) is 107 Å². The van der Waals surface area contributed by atoms with Gasteiger partial charge >= 0.3 is 0 Å². The highest BCUT2D eigenvalue weighted by atomic mass is 16.3. The minimum absolute atomic E-state index is 0.122. The normalized spacial score (nSPS) is 16.0. The van der Waals surface area contributed by atoms with Crippen molar-refractivity contribution >= 4 is 11.6 Å². The Labute approximate surface area is 102 Å². The van der Waals surface area contributed by atoms with Crippen LogP contribution >= 0.6 is 0 Å². The molecule has 1 aliphatic carbocycles. The molecule has 0 radical (unpaired) electrons. The van der Waals surface area contributed by atoms with E-state index in [0.29, 0.717) is 0 Å². The Hall–Kier alpha value is -2.34. The molecule has 6 heteroatoms. The maximum atomic E-state index is 12.0. The van der Waals surface area contributed by atoms with Gasteiger partial charge in [-0.3, -0.25) is 9.59 Å². The van der Waals surface area contributed by atoms with E-state index >= 15 is 0 Å². The van der Waals surface area contributed by atoms with Crippen LogP contribution in [0.3, 0.4) is 0 Å². The molecule has 0 spiro atoms. The van der Waals surface area contributed by atoms with Gasteiger partial charge in [0.15, 0.2) is 5.78 Å². The van der Waals surface area contributed by atoms with Crippen molar-refractivity contribution in [1.82, 2.24) is 5.32 Å². The Morgan fingerprint density at radius 3 is 2.22 bits per heavy atom. The molecule has 1 aromatic carbocycles. The second kappa shape index (κ2) is 4.15. The van der Waals surface area contributed by atoms with Crippen molar-refractivity contribution in [3.63, 3.8) is 0 Å². The van der Waals surface area contributed by atoms with Gasteiger partial charge < -0.3 is 20.6 Å². The number of carbonyl (C=O) groups is 2. The van der Waals surface area contributed by atoms with Crippen LogP contribution in [0.2, 0.25) is 0 Å². The van der Waals surface area contributed by atoms with E-state index < -0.39 is 17.8 Å². The summed E-state index contributed by atoms with van der Waals surface area (Å²) in [4.78, 5) is 23.8. The first-order chi connectivity index (χ1) is 8.41. The van der Waals surface area contributed by atoms with Gasteiger partial charge in [-0.1, -0.05) is 0 Å². The standard InChI is InChI=1S/C12H11NO5/c1-5(14)13-6-4-9(17)10-7(15)2-3-8(16)11(10)12(6)18/h2-5,13-16H,1H3. The van der Waals surface area contributed by atoms with Gasteiger partial charge in [-0.25, -0.2) is 0 Å². The summed E-state index contributed by atoms with van der Waals surface area (Å²) in [6, 6.07) is 2.27. The number of ketones is 2. The lowest BCUT2D eigenvalue weighted by Gasteiger charge is -2.19. The number of aromatic hydroxyl groups is 2. The van der Waals surface area contributed by atoms with Crippen LogP contribution in [0.15, 0.2) is 23.9 Å². The van der Waals surface area contributed by atoms with Gasteiger partial charge in [0.25, 0.3) is 0 Å². The molecular weight excluding hydrogens is 238 g/mol. The number of aliphatic hydroxyl groups is 1. The maximum absolute atomic E-state index is 12.0. The predicted octanol–water partition coefficient (Wildman–Crippen LogP) is 0.289. The van der Waals surface area contributed by atoms with Crippen LogP contribution in [0.4, 0.5) is 0 Å². The van der Waals surface area contributed by atoms with Crippen molar-refractivity contribution in [1.29, 1.82) is 0 Å². The number of allylic oxidation sites excluding steroid dienone is 2. The van der Waals surface area contributed by atoms with Gasteiger partial charge in [-0.05, 0) is 19.1 Å². The van der Waals surface area contributed by atoms with E-state index in [4.69, 9.17) is 5.11 Å². The van der Waals surface area contributed by atoms with Crippen molar-refractivity contribution in [3.05, 3.63) is 35.0 Å². The van der Waals surface area contributed by atoms with Gasteiger partial charge in [0.2, 0.25) is 5.78 Å². The summed E-state index contributed by atoms with van der Waals surface area (Å²) >= 11 is 0. The summed E-state index contributed by atoms with van der Waals surface area (Å²) < 4.78 is 0. The first-order valence-corrected chi connectivity index (χ1v) is 5.22. The summed E-state index contributed by atoms with van der Waals surface area (Å²) in [6.45, 7) is 1.39. The molecule has 1 unspecified atom stereocenters. The number of benzene rings is 1. The van der Waals surface area contributed by atoms with Crippen molar-refractivity contribution in [2.45, 2.75) is 13.2 Å². The number of hydrogen-bond donors (Lipinski definition) is 4. The minimum Gasteiger partial charge on any atom is -0.507 e. The highest BCUT2D eigenvalue weighted by molar-refractivity contribution is 6.26. The predicted molar refractivity (Wildman–Crippen MR) is 61.3 cm³/mol. The third-order valence-electron chi connectivity index (χ3n) is 2.52. The van der Waals surface area contributed by atoms with Crippen LogP contribution in [0.5, 0.6) is 11.5 Å². The van der Waals surface area contributed by atoms with E-state index in [1.54, 1.807) is 0 Å². The molecule has 1 aromatic rings. The number of phenols is 2. The van der Waals surface area contributed by atoms with Crippen LogP contribution in [-0.4, -0.2) is 33.1 Å². The Morgan fingerprint density at radius 1 is 1.11 bits per heavy atom. The van der Waals surface area contributed by atoms with E-state index in [-0.39, 0.29) is 28.3 Å². The number of carbonyl (C=O) groups excluding carboxylic acids is 2. The molecular formula is C12H11NO5. The zero-order chi connectivity index (χ0) is 13.4. The summed E-state index contributed by atoms with van der Waals surface area (Å²) in [5.41, 5.74) is -0.606. The zero-order valence-electron chi connectivity index (χ0n) is 9.47. The number of Topliss-reactive ketones (excluding diaryl/α,β-unsaturated/α-hetero) is 1. The summed E-state index contributed by atoms with van der Waals surface area (Å²) in [6.07, 6.45) is -0.0368. The van der Waals surface area contributed by atoms with Crippen molar-refractivity contribution in [2.24, 2.45) is 0 Å². The lowest BCUT2D eigenvalue weighted by Crippen LogP contribution is -2.32. The number of aliphatic hydroxyl groups excluding tert-OH is 1. The number of hydrogen-bond acceptors (Lipinski definition) is 6. The number of phenolic OH excluding ortho intramolecular Hbond substituents is 2. The molecule has 1 atom stereocenters. The van der Waals surface area contributed by atoms with Crippen LogP contribution in [0.25, 0.3) is 0 Å². The molecule has 18 heavy (non-hydrogen) atoms. The molecule has 0 bridgehead atoms. The molecule has 0 fully saturated rings. The molecule has 94 valence electrons. The summed E-state index contributed by atoms with van der Waals surface area (Å²) in [7, 11) is 0. The third-order valence-corrected chi connectivity index (χ3v) is 2.52. The average Bonchev–Trinajstić information content (AvgIpc) is 2.28. The van der Waals surface area contributed by atoms with Crippen molar-refractivity contribution in [2.75, 3.05) is 0 Å². The Morgan fingerprint density at radius 2 is 1.67 bits per heavy atom. The molecule has 0 saturated heterocycles. The van der Waals surface area contributed by atoms with E-state index in [2.05, 4.69) is 5.32 Å². The van der Waals surface area contributed by atoms with Crippen molar-refractivity contribution < 1.29 is 24.9 Å². The van der Waals surface area contributed by atoms with Crippen LogP contribution in [-0.2, 0) is 0 Å². The fourth-order valence-corrected chi connectivity index (χ4v) is 1.80. The van der Waals surface area contributed by atoms with E-state index in [1.165, 1.54) is 6.92 Å². The zero-order valence-corrected chi connectivity index (χ0v) is 9.47. The third kappa shape index (κ3) is 1.82. The first-order valence-electron chi connectivity index (χ1n) is 5.22. The molecule has 2 rings (SSSR count). The average molecular weight is 249 g/mol. The molecule has 0 aromatic heterocycles. The smallest absolute Gasteiger partial charge is 0.213 e. The minimum atomic E-state index is -1.02. The quantitative estimate of drug-likeness (QED) is 0.443. The largest absolute Gasteiger partial charge is 0.507 e. The molecule has 1 aliphatic rings. The van der Waals surface area contributed by atoms with Crippen LogP contribution in [0, 0.1) is 0 Å². The summed E-state index contributed by atoms with van der Waals surface area (Å²) in [5, 5.41) is 30.7. The van der Waals surface area contributed by atoms with E-state index in [9.17, 15) is 19.8 Å². The second-order valence-electron chi connectivity index (χ2n) is 3.93. The van der Waals surface area contributed by atoms with Gasteiger partial charge in [0, 0.05) is 6.08 Å². The number of nitrogens with one attached hydrogen (secondary N) is 1. The molecule has 0 saturated carbocycles. The second-order valence-corrected chi connectivity index (χ2v) is 3.93.